The average Bonchev–Trinajstić information content (AvgIpc) is 3.49. The van der Waals surface area contributed by atoms with Crippen molar-refractivity contribution in [2.24, 2.45) is 0 Å². The Balaban J connectivity index is 1.72. The lowest BCUT2D eigenvalue weighted by molar-refractivity contribution is 0.0892. The van der Waals surface area contributed by atoms with Crippen molar-refractivity contribution < 1.29 is 23.1 Å². The van der Waals surface area contributed by atoms with E-state index in [0.717, 1.165) is 0 Å². The highest BCUT2D eigenvalue weighted by atomic mass is 35.5. The molecule has 8 nitrogen and oxygen atoms in total. The van der Waals surface area contributed by atoms with Gasteiger partial charge in [-0.3, -0.25) is 9.59 Å². The number of carbonyl (C=O) groups is 2. The molecule has 36 heavy (non-hydrogen) atoms. The van der Waals surface area contributed by atoms with Crippen LogP contribution >= 0.6 is 34.5 Å². The summed E-state index contributed by atoms with van der Waals surface area (Å²) in [7, 11) is 0. The standard InChI is InChI=1S/C23H17Cl2F2N5O3S/c1-12-7-13(24)8-15(22(33)29-10-18(26)27)20(12)30-23(34)17-9-19(35-14-4-6-36-11-14)31-32(17)21-16(25)3-2-5-28-21/h2-9,11,18H,10H2,1H3,(H,29,33)(H,30,34). The molecule has 0 spiro atoms. The van der Waals surface area contributed by atoms with E-state index in [4.69, 9.17) is 27.9 Å². The number of hydrogen-bond acceptors (Lipinski definition) is 6. The second-order valence-corrected chi connectivity index (χ2v) is 8.97. The Bertz CT molecular complexity index is 1410. The van der Waals surface area contributed by atoms with Gasteiger partial charge in [-0.15, -0.1) is 16.4 Å². The van der Waals surface area contributed by atoms with Gasteiger partial charge in [0.2, 0.25) is 5.88 Å². The Labute approximate surface area is 217 Å². The van der Waals surface area contributed by atoms with Gasteiger partial charge in [-0.25, -0.2) is 18.4 Å². The molecule has 2 amide bonds. The van der Waals surface area contributed by atoms with Crippen LogP contribution in [0, 0.1) is 6.92 Å². The van der Waals surface area contributed by atoms with Crippen LogP contribution in [0.1, 0.15) is 26.4 Å². The summed E-state index contributed by atoms with van der Waals surface area (Å²) >= 11 is 13.8. The number of halogens is 4. The summed E-state index contributed by atoms with van der Waals surface area (Å²) in [4.78, 5) is 30.2. The number of rotatable bonds is 8. The number of nitrogens with zero attached hydrogens (tertiary/aromatic N) is 3. The Morgan fingerprint density at radius 1 is 1.19 bits per heavy atom. The molecule has 0 fully saturated rings. The van der Waals surface area contributed by atoms with Crippen molar-refractivity contribution in [1.29, 1.82) is 0 Å². The first-order valence-electron chi connectivity index (χ1n) is 10.3. The number of alkyl halides is 2. The van der Waals surface area contributed by atoms with E-state index >= 15 is 0 Å². The van der Waals surface area contributed by atoms with E-state index in [-0.39, 0.29) is 38.7 Å². The van der Waals surface area contributed by atoms with Crippen LogP contribution in [0.2, 0.25) is 10.0 Å². The maximum absolute atomic E-state index is 13.4. The van der Waals surface area contributed by atoms with Gasteiger partial charge in [0.05, 0.1) is 22.8 Å². The topological polar surface area (TPSA) is 98.1 Å². The maximum atomic E-state index is 13.4. The second-order valence-electron chi connectivity index (χ2n) is 7.35. The van der Waals surface area contributed by atoms with Gasteiger partial charge in [-0.2, -0.15) is 0 Å². The molecule has 0 saturated heterocycles. The normalized spacial score (nSPS) is 10.9. The van der Waals surface area contributed by atoms with Crippen LogP contribution < -0.4 is 15.4 Å². The van der Waals surface area contributed by atoms with Crippen LogP contribution in [0.25, 0.3) is 5.82 Å². The highest BCUT2D eigenvalue weighted by Crippen LogP contribution is 2.29. The summed E-state index contributed by atoms with van der Waals surface area (Å²) < 4.78 is 32.2. The molecule has 0 bridgehead atoms. The van der Waals surface area contributed by atoms with Crippen molar-refractivity contribution in [3.63, 3.8) is 0 Å². The van der Waals surface area contributed by atoms with E-state index in [1.165, 1.54) is 40.4 Å². The van der Waals surface area contributed by atoms with E-state index < -0.39 is 24.8 Å². The molecule has 3 heterocycles. The summed E-state index contributed by atoms with van der Waals surface area (Å²) in [6.45, 7) is 0.759. The minimum Gasteiger partial charge on any atom is -0.437 e. The molecule has 0 atom stereocenters. The lowest BCUT2D eigenvalue weighted by atomic mass is 10.1. The summed E-state index contributed by atoms with van der Waals surface area (Å²) in [5.41, 5.74) is 0.450. The quantitative estimate of drug-likeness (QED) is 0.280. The molecule has 0 aliphatic rings. The van der Waals surface area contributed by atoms with E-state index in [1.807, 2.05) is 5.38 Å². The predicted octanol–water partition coefficient (Wildman–Crippen LogP) is 5.98. The minimum absolute atomic E-state index is 0.00545. The first-order chi connectivity index (χ1) is 17.2. The number of anilines is 1. The molecular weight excluding hydrogens is 535 g/mol. The fourth-order valence-electron chi connectivity index (χ4n) is 3.23. The first kappa shape index (κ1) is 25.5. The number of aromatic nitrogens is 3. The zero-order chi connectivity index (χ0) is 25.8. The number of aryl methyl sites for hydroxylation is 1. The fraction of sp³-hybridized carbons (Fsp3) is 0.130. The molecule has 186 valence electrons. The van der Waals surface area contributed by atoms with Crippen molar-refractivity contribution in [1.82, 2.24) is 20.1 Å². The van der Waals surface area contributed by atoms with Gasteiger partial charge in [0.1, 0.15) is 11.4 Å². The monoisotopic (exact) mass is 551 g/mol. The minimum atomic E-state index is -2.74. The van der Waals surface area contributed by atoms with Crippen LogP contribution in [-0.4, -0.2) is 39.5 Å². The lowest BCUT2D eigenvalue weighted by Gasteiger charge is -2.15. The maximum Gasteiger partial charge on any atom is 0.274 e. The van der Waals surface area contributed by atoms with Crippen LogP contribution in [0.4, 0.5) is 14.5 Å². The largest absolute Gasteiger partial charge is 0.437 e. The third-order valence-electron chi connectivity index (χ3n) is 4.78. The van der Waals surface area contributed by atoms with Gasteiger partial charge >= 0.3 is 0 Å². The predicted molar refractivity (Wildman–Crippen MR) is 133 cm³/mol. The van der Waals surface area contributed by atoms with E-state index in [2.05, 4.69) is 20.7 Å². The number of amides is 2. The number of thiophene rings is 1. The molecule has 3 aromatic heterocycles. The number of hydrogen-bond donors (Lipinski definition) is 2. The number of benzene rings is 1. The third-order valence-corrected chi connectivity index (χ3v) is 5.95. The van der Waals surface area contributed by atoms with E-state index in [1.54, 1.807) is 30.5 Å². The number of nitrogens with one attached hydrogen (secondary N) is 2. The van der Waals surface area contributed by atoms with E-state index in [0.29, 0.717) is 11.3 Å². The zero-order valence-electron chi connectivity index (χ0n) is 18.5. The number of ether oxygens (including phenoxy) is 1. The van der Waals surface area contributed by atoms with E-state index in [9.17, 15) is 18.4 Å². The molecule has 4 rings (SSSR count). The van der Waals surface area contributed by atoms with Gasteiger partial charge < -0.3 is 15.4 Å². The molecule has 0 unspecified atom stereocenters. The molecular formula is C23H17Cl2F2N5O3S. The molecule has 2 N–H and O–H groups in total. The molecule has 4 aromatic rings. The fourth-order valence-corrected chi connectivity index (χ4v) is 4.25. The molecule has 13 heteroatoms. The molecule has 1 aromatic carbocycles. The smallest absolute Gasteiger partial charge is 0.274 e. The van der Waals surface area contributed by atoms with Crippen LogP contribution in [0.5, 0.6) is 11.6 Å². The highest BCUT2D eigenvalue weighted by Gasteiger charge is 2.24. The summed E-state index contributed by atoms with van der Waals surface area (Å²) in [6, 6.07) is 9.14. The van der Waals surface area contributed by atoms with Crippen molar-refractivity contribution in [2.45, 2.75) is 13.3 Å². The molecule has 0 aliphatic heterocycles. The van der Waals surface area contributed by atoms with Crippen LogP contribution in [-0.2, 0) is 0 Å². The first-order valence-corrected chi connectivity index (χ1v) is 12.0. The summed E-state index contributed by atoms with van der Waals surface area (Å²) in [5, 5.41) is 13.1. The Morgan fingerprint density at radius 2 is 2.00 bits per heavy atom. The number of carbonyl (C=O) groups excluding carboxylic acids is 2. The van der Waals surface area contributed by atoms with Crippen LogP contribution in [0.3, 0.4) is 0 Å². The van der Waals surface area contributed by atoms with Crippen molar-refractivity contribution in [3.05, 3.63) is 80.2 Å². The lowest BCUT2D eigenvalue weighted by Crippen LogP contribution is -2.30. The number of pyridine rings is 1. The highest BCUT2D eigenvalue weighted by molar-refractivity contribution is 7.08. The Morgan fingerprint density at radius 3 is 2.69 bits per heavy atom. The second kappa shape index (κ2) is 11.0. The molecule has 0 radical (unpaired) electrons. The van der Waals surface area contributed by atoms with Crippen molar-refractivity contribution >= 4 is 52.0 Å². The van der Waals surface area contributed by atoms with Crippen molar-refractivity contribution in [3.8, 4) is 17.4 Å². The molecule has 0 saturated carbocycles. The van der Waals surface area contributed by atoms with Crippen molar-refractivity contribution in [2.75, 3.05) is 11.9 Å². The Kier molecular flexibility index (Phi) is 7.82. The van der Waals surface area contributed by atoms with Gasteiger partial charge in [0.15, 0.2) is 5.82 Å². The van der Waals surface area contributed by atoms with Gasteiger partial charge in [-0.1, -0.05) is 23.2 Å². The van der Waals surface area contributed by atoms with Gasteiger partial charge in [-0.05, 0) is 48.2 Å². The van der Waals surface area contributed by atoms with Gasteiger partial charge in [0.25, 0.3) is 18.2 Å². The Hall–Kier alpha value is -3.54. The summed E-state index contributed by atoms with van der Waals surface area (Å²) in [5.74, 6) is -0.706. The SMILES string of the molecule is Cc1cc(Cl)cc(C(=O)NCC(F)F)c1NC(=O)c1cc(Oc2ccsc2)nn1-c1ncccc1Cl. The zero-order valence-corrected chi connectivity index (χ0v) is 20.8. The average molecular weight is 552 g/mol. The summed E-state index contributed by atoms with van der Waals surface area (Å²) in [6.07, 6.45) is -1.26. The molecule has 0 aliphatic carbocycles. The van der Waals surface area contributed by atoms with Crippen LogP contribution in [0.15, 0.2) is 53.4 Å². The third kappa shape index (κ3) is 5.81. The van der Waals surface area contributed by atoms with Gasteiger partial charge in [0, 0.05) is 22.7 Å².